The number of rotatable bonds is 4. The summed E-state index contributed by atoms with van der Waals surface area (Å²) in [4.78, 5) is 18.4. The van der Waals surface area contributed by atoms with Crippen molar-refractivity contribution in [2.24, 2.45) is 0 Å². The van der Waals surface area contributed by atoms with Crippen LogP contribution in [-0.4, -0.2) is 40.1 Å². The van der Waals surface area contributed by atoms with Crippen LogP contribution in [-0.2, 0) is 0 Å². The largest absolute Gasteiger partial charge is 0.388 e. The molecule has 22 heavy (non-hydrogen) atoms. The van der Waals surface area contributed by atoms with Gasteiger partial charge in [0.25, 0.3) is 5.91 Å². The monoisotopic (exact) mass is 316 g/mol. The molecule has 3 rings (SSSR count). The molecule has 0 unspecified atom stereocenters. The highest BCUT2D eigenvalue weighted by atomic mass is 32.1. The van der Waals surface area contributed by atoms with Crippen LogP contribution in [0.3, 0.4) is 0 Å². The third-order valence-corrected chi connectivity index (χ3v) is 4.86. The molecule has 2 aromatic rings. The van der Waals surface area contributed by atoms with Crippen molar-refractivity contribution in [3.8, 4) is 11.3 Å². The summed E-state index contributed by atoms with van der Waals surface area (Å²) < 4.78 is 0. The number of carbonyl (C=O) groups is 1. The topological polar surface area (TPSA) is 53.4 Å². The molecule has 1 fully saturated rings. The molecular weight excluding hydrogens is 296 g/mol. The quantitative estimate of drug-likeness (QED) is 0.942. The van der Waals surface area contributed by atoms with Crippen molar-refractivity contribution in [3.63, 3.8) is 0 Å². The van der Waals surface area contributed by atoms with E-state index in [1.54, 1.807) is 28.8 Å². The molecule has 0 aliphatic heterocycles. The third-order valence-electron chi connectivity index (χ3n) is 4.27. The maximum absolute atomic E-state index is 12.5. The average Bonchev–Trinajstić information content (AvgIpc) is 3.18. The highest BCUT2D eigenvalue weighted by Gasteiger charge is 2.33. The van der Waals surface area contributed by atoms with E-state index < -0.39 is 5.60 Å². The Bertz CT molecular complexity index is 631. The van der Waals surface area contributed by atoms with Crippen LogP contribution in [0.1, 0.15) is 36.0 Å². The molecule has 5 heteroatoms. The average molecular weight is 316 g/mol. The predicted octanol–water partition coefficient (Wildman–Crippen LogP) is 3.19. The molecule has 0 bridgehead atoms. The summed E-state index contributed by atoms with van der Waals surface area (Å²) in [6.45, 7) is 0.402. The van der Waals surface area contributed by atoms with Gasteiger partial charge in [-0.05, 0) is 25.0 Å². The Morgan fingerprint density at radius 3 is 2.59 bits per heavy atom. The van der Waals surface area contributed by atoms with Crippen molar-refractivity contribution in [3.05, 3.63) is 40.7 Å². The van der Waals surface area contributed by atoms with Crippen molar-refractivity contribution in [1.82, 2.24) is 9.88 Å². The first-order valence-electron chi connectivity index (χ1n) is 7.54. The van der Waals surface area contributed by atoms with Crippen molar-refractivity contribution in [2.75, 3.05) is 13.6 Å². The zero-order valence-corrected chi connectivity index (χ0v) is 13.5. The lowest BCUT2D eigenvalue weighted by atomic mass is 10.0. The minimum Gasteiger partial charge on any atom is -0.388 e. The lowest BCUT2D eigenvalue weighted by Gasteiger charge is -2.28. The van der Waals surface area contributed by atoms with Gasteiger partial charge >= 0.3 is 0 Å². The van der Waals surface area contributed by atoms with Crippen LogP contribution >= 0.6 is 11.3 Å². The molecule has 1 aromatic heterocycles. The summed E-state index contributed by atoms with van der Waals surface area (Å²) in [5.41, 5.74) is 3.67. The number of likely N-dealkylation sites (N-methyl/N-ethyl adjacent to an activating group) is 1. The summed E-state index contributed by atoms with van der Waals surface area (Å²) in [7, 11) is 1.76. The second-order valence-electron chi connectivity index (χ2n) is 6.04. The van der Waals surface area contributed by atoms with Crippen LogP contribution < -0.4 is 0 Å². The number of benzene rings is 1. The Kier molecular flexibility index (Phi) is 4.27. The number of amides is 1. The van der Waals surface area contributed by atoms with Crippen LogP contribution in [0, 0.1) is 0 Å². The SMILES string of the molecule is CN(CC1(O)CCCC1)C(=O)c1ccc(-c2cscn2)cc1. The van der Waals surface area contributed by atoms with Gasteiger partial charge in [-0.25, -0.2) is 4.98 Å². The van der Waals surface area contributed by atoms with Crippen LogP contribution in [0.4, 0.5) is 0 Å². The fraction of sp³-hybridized carbons (Fsp3) is 0.412. The Balaban J connectivity index is 1.69. The molecule has 1 aromatic carbocycles. The molecule has 4 nitrogen and oxygen atoms in total. The number of carbonyl (C=O) groups excluding carboxylic acids is 1. The van der Waals surface area contributed by atoms with Crippen LogP contribution in [0.5, 0.6) is 0 Å². The van der Waals surface area contributed by atoms with Gasteiger partial charge in [-0.2, -0.15) is 0 Å². The number of nitrogens with zero attached hydrogens (tertiary/aromatic N) is 2. The van der Waals surface area contributed by atoms with Gasteiger partial charge in [-0.3, -0.25) is 4.79 Å². The zero-order chi connectivity index (χ0) is 15.6. The van der Waals surface area contributed by atoms with Crippen LogP contribution in [0.25, 0.3) is 11.3 Å². The van der Waals surface area contributed by atoms with Crippen molar-refractivity contribution >= 4 is 17.2 Å². The van der Waals surface area contributed by atoms with E-state index in [1.807, 2.05) is 29.6 Å². The van der Waals surface area contributed by atoms with E-state index in [-0.39, 0.29) is 5.91 Å². The van der Waals surface area contributed by atoms with Gasteiger partial charge < -0.3 is 10.0 Å². The van der Waals surface area contributed by atoms with E-state index in [0.717, 1.165) is 36.9 Å². The molecule has 1 N–H and O–H groups in total. The molecule has 1 heterocycles. The van der Waals surface area contributed by atoms with E-state index in [0.29, 0.717) is 12.1 Å². The molecule has 0 spiro atoms. The molecule has 116 valence electrons. The Morgan fingerprint density at radius 2 is 2.00 bits per heavy atom. The number of aromatic nitrogens is 1. The highest BCUT2D eigenvalue weighted by molar-refractivity contribution is 7.07. The van der Waals surface area contributed by atoms with E-state index in [9.17, 15) is 9.90 Å². The maximum Gasteiger partial charge on any atom is 0.253 e. The number of hydrogen-bond donors (Lipinski definition) is 1. The smallest absolute Gasteiger partial charge is 0.253 e. The summed E-state index contributed by atoms with van der Waals surface area (Å²) in [6, 6.07) is 7.49. The van der Waals surface area contributed by atoms with Gasteiger partial charge in [0.05, 0.1) is 16.8 Å². The van der Waals surface area contributed by atoms with E-state index >= 15 is 0 Å². The minimum atomic E-state index is -0.703. The molecule has 1 amide bonds. The first kappa shape index (κ1) is 15.2. The molecule has 0 atom stereocenters. The summed E-state index contributed by atoms with van der Waals surface area (Å²) >= 11 is 1.55. The zero-order valence-electron chi connectivity index (χ0n) is 12.7. The van der Waals surface area contributed by atoms with E-state index in [1.165, 1.54) is 0 Å². The summed E-state index contributed by atoms with van der Waals surface area (Å²) in [6.07, 6.45) is 3.66. The Labute approximate surface area is 134 Å². The molecule has 1 aliphatic rings. The van der Waals surface area contributed by atoms with Gasteiger partial charge in [-0.15, -0.1) is 11.3 Å². The predicted molar refractivity (Wildman–Crippen MR) is 87.9 cm³/mol. The maximum atomic E-state index is 12.5. The van der Waals surface area contributed by atoms with E-state index in [2.05, 4.69) is 4.98 Å². The third kappa shape index (κ3) is 3.20. The van der Waals surface area contributed by atoms with Gasteiger partial charge in [0.1, 0.15) is 0 Å². The fourth-order valence-electron chi connectivity index (χ4n) is 3.06. The fourth-order valence-corrected chi connectivity index (χ4v) is 3.62. The standard InChI is InChI=1S/C17H20N2O2S/c1-19(11-17(21)8-2-3-9-17)16(20)14-6-4-13(5-7-14)15-10-22-12-18-15/h4-7,10,12,21H,2-3,8-9,11H2,1H3. The van der Waals surface area contributed by atoms with Crippen molar-refractivity contribution in [1.29, 1.82) is 0 Å². The first-order chi connectivity index (χ1) is 10.6. The van der Waals surface area contributed by atoms with Crippen LogP contribution in [0.2, 0.25) is 0 Å². The number of aliphatic hydroxyl groups is 1. The molecule has 0 saturated heterocycles. The Morgan fingerprint density at radius 1 is 1.32 bits per heavy atom. The van der Waals surface area contributed by atoms with Crippen molar-refractivity contribution in [2.45, 2.75) is 31.3 Å². The summed E-state index contributed by atoms with van der Waals surface area (Å²) in [5, 5.41) is 12.4. The lowest BCUT2D eigenvalue weighted by Crippen LogP contribution is -2.42. The van der Waals surface area contributed by atoms with Gasteiger partial charge in [0.15, 0.2) is 0 Å². The second kappa shape index (κ2) is 6.18. The molecule has 1 aliphatic carbocycles. The van der Waals surface area contributed by atoms with Crippen LogP contribution in [0.15, 0.2) is 35.2 Å². The lowest BCUT2D eigenvalue weighted by molar-refractivity contribution is 0.0157. The van der Waals surface area contributed by atoms with Gasteiger partial charge in [-0.1, -0.05) is 25.0 Å². The first-order valence-corrected chi connectivity index (χ1v) is 8.48. The molecular formula is C17H20N2O2S. The molecule has 0 radical (unpaired) electrons. The second-order valence-corrected chi connectivity index (χ2v) is 6.76. The van der Waals surface area contributed by atoms with Gasteiger partial charge in [0, 0.05) is 30.1 Å². The molecule has 1 saturated carbocycles. The van der Waals surface area contributed by atoms with Gasteiger partial charge in [0.2, 0.25) is 0 Å². The number of thiazole rings is 1. The number of hydrogen-bond acceptors (Lipinski definition) is 4. The Hall–Kier alpha value is -1.72. The summed E-state index contributed by atoms with van der Waals surface area (Å²) in [5.74, 6) is -0.0508. The normalized spacial score (nSPS) is 16.6. The van der Waals surface area contributed by atoms with Crippen molar-refractivity contribution < 1.29 is 9.90 Å². The highest BCUT2D eigenvalue weighted by Crippen LogP contribution is 2.30. The minimum absolute atomic E-state index is 0.0508. The van der Waals surface area contributed by atoms with E-state index in [4.69, 9.17) is 0 Å².